The van der Waals surface area contributed by atoms with E-state index in [1.807, 2.05) is 0 Å². The first kappa shape index (κ1) is 24.0. The van der Waals surface area contributed by atoms with Crippen LogP contribution < -0.4 is 16.2 Å². The highest BCUT2D eigenvalue weighted by Gasteiger charge is 2.25. The molecule has 36 heavy (non-hydrogen) atoms. The summed E-state index contributed by atoms with van der Waals surface area (Å²) >= 11 is 6.29. The van der Waals surface area contributed by atoms with Crippen molar-refractivity contribution in [1.82, 2.24) is 26.0 Å². The van der Waals surface area contributed by atoms with E-state index in [-0.39, 0.29) is 33.9 Å². The number of hydrogen-bond donors (Lipinski definition) is 4. The van der Waals surface area contributed by atoms with Gasteiger partial charge in [-0.05, 0) is 24.3 Å². The smallest absolute Gasteiger partial charge is 0.289 e. The van der Waals surface area contributed by atoms with Crippen molar-refractivity contribution in [3.8, 4) is 11.3 Å². The quantitative estimate of drug-likeness (QED) is 0.229. The van der Waals surface area contributed by atoms with Crippen molar-refractivity contribution in [3.05, 3.63) is 105 Å². The minimum Gasteiger partial charge on any atom is -0.318 e. The number of nitro benzene ring substituents is 1. The first-order valence-corrected chi connectivity index (χ1v) is 10.6. The fraction of sp³-hybridized carbons (Fsp3) is 0. The summed E-state index contributed by atoms with van der Waals surface area (Å²) in [6.45, 7) is 0. The highest BCUT2D eigenvalue weighted by Crippen LogP contribution is 2.34. The number of anilines is 1. The van der Waals surface area contributed by atoms with Gasteiger partial charge in [-0.1, -0.05) is 35.9 Å². The van der Waals surface area contributed by atoms with Crippen LogP contribution in [0.25, 0.3) is 11.3 Å². The molecule has 0 aliphatic rings. The Hall–Kier alpha value is -5.10. The lowest BCUT2D eigenvalue weighted by Crippen LogP contribution is -2.42. The molecule has 0 aliphatic heterocycles. The van der Waals surface area contributed by atoms with Crippen LogP contribution in [0.4, 0.5) is 11.4 Å². The minimum absolute atomic E-state index is 0.0215. The van der Waals surface area contributed by atoms with E-state index in [1.54, 1.807) is 30.3 Å². The van der Waals surface area contributed by atoms with Gasteiger partial charge in [0.2, 0.25) is 0 Å². The van der Waals surface area contributed by atoms with Crippen molar-refractivity contribution in [2.75, 3.05) is 5.32 Å². The molecule has 0 radical (unpaired) electrons. The van der Waals surface area contributed by atoms with Gasteiger partial charge in [0.15, 0.2) is 0 Å². The molecule has 12 nitrogen and oxygen atoms in total. The van der Waals surface area contributed by atoms with Crippen LogP contribution in [0.2, 0.25) is 5.02 Å². The molecule has 2 aromatic heterocycles. The van der Waals surface area contributed by atoms with Gasteiger partial charge in [-0.25, -0.2) is 0 Å². The van der Waals surface area contributed by atoms with E-state index in [1.165, 1.54) is 36.7 Å². The average molecular weight is 506 g/mol. The maximum absolute atomic E-state index is 13.0. The van der Waals surface area contributed by atoms with Gasteiger partial charge in [-0.15, -0.1) is 0 Å². The number of benzene rings is 2. The number of nitro groups is 1. The molecule has 0 saturated heterocycles. The fourth-order valence-electron chi connectivity index (χ4n) is 3.17. The molecule has 2 aromatic carbocycles. The van der Waals surface area contributed by atoms with Gasteiger partial charge < -0.3 is 5.32 Å². The van der Waals surface area contributed by atoms with Crippen LogP contribution in [0.1, 0.15) is 31.2 Å². The number of carbonyl (C=O) groups excluding carboxylic acids is 3. The maximum Gasteiger partial charge on any atom is 0.289 e. The molecule has 2 heterocycles. The highest BCUT2D eigenvalue weighted by atomic mass is 35.5. The molecular weight excluding hydrogens is 490 g/mol. The second-order valence-electron chi connectivity index (χ2n) is 7.21. The number of H-pyrrole nitrogens is 1. The Morgan fingerprint density at radius 2 is 1.67 bits per heavy atom. The Kier molecular flexibility index (Phi) is 6.97. The van der Waals surface area contributed by atoms with E-state index < -0.39 is 22.6 Å². The van der Waals surface area contributed by atoms with Gasteiger partial charge in [0.25, 0.3) is 23.4 Å². The van der Waals surface area contributed by atoms with Crippen molar-refractivity contribution in [2.24, 2.45) is 0 Å². The van der Waals surface area contributed by atoms with Gasteiger partial charge >= 0.3 is 0 Å². The number of halogens is 1. The Balaban J connectivity index is 1.65. The zero-order chi connectivity index (χ0) is 25.7. The largest absolute Gasteiger partial charge is 0.318 e. The summed E-state index contributed by atoms with van der Waals surface area (Å²) in [5, 5.41) is 20.6. The third-order valence-corrected chi connectivity index (χ3v) is 5.22. The summed E-state index contributed by atoms with van der Waals surface area (Å²) in [7, 11) is 0. The van der Waals surface area contributed by atoms with E-state index in [9.17, 15) is 24.5 Å². The number of non-ortho nitro benzene ring substituents is 1. The van der Waals surface area contributed by atoms with Gasteiger partial charge in [-0.2, -0.15) is 5.10 Å². The monoisotopic (exact) mass is 505 g/mol. The van der Waals surface area contributed by atoms with Crippen LogP contribution >= 0.6 is 11.6 Å². The van der Waals surface area contributed by atoms with Crippen molar-refractivity contribution in [1.29, 1.82) is 0 Å². The highest BCUT2D eigenvalue weighted by molar-refractivity contribution is 6.33. The summed E-state index contributed by atoms with van der Waals surface area (Å²) in [6.07, 6.45) is 2.81. The van der Waals surface area contributed by atoms with Crippen molar-refractivity contribution in [2.45, 2.75) is 0 Å². The van der Waals surface area contributed by atoms with Crippen LogP contribution in [0.5, 0.6) is 0 Å². The molecule has 0 bridgehead atoms. The molecule has 4 aromatic rings. The van der Waals surface area contributed by atoms with Gasteiger partial charge in [0, 0.05) is 35.7 Å². The lowest BCUT2D eigenvalue weighted by atomic mass is 10.1. The Labute approximate surface area is 207 Å². The van der Waals surface area contributed by atoms with Crippen LogP contribution in [-0.2, 0) is 0 Å². The molecular formula is C23H16ClN7O5. The van der Waals surface area contributed by atoms with Gasteiger partial charge in [-0.3, -0.25) is 45.4 Å². The molecule has 0 fully saturated rings. The molecule has 0 unspecified atom stereocenters. The van der Waals surface area contributed by atoms with E-state index in [4.69, 9.17) is 11.6 Å². The molecule has 4 N–H and O–H groups in total. The Bertz CT molecular complexity index is 1470. The molecule has 0 spiro atoms. The van der Waals surface area contributed by atoms with Crippen molar-refractivity contribution >= 4 is 40.7 Å². The topological polar surface area (TPSA) is 172 Å². The van der Waals surface area contributed by atoms with Gasteiger partial charge in [0.1, 0.15) is 17.1 Å². The molecule has 180 valence electrons. The number of aromatic amines is 1. The minimum atomic E-state index is -0.826. The molecule has 0 aliphatic carbocycles. The standard InChI is InChI=1S/C23H16ClN7O5/c24-17-9-2-1-8-16(17)18-19(26-21(32)13-5-3-7-15(11-13)31(35)36)20(28-27-18)23(34)30-29-22(33)14-6-4-10-25-12-14/h1-12H,(H,26,32)(H,27,28)(H,29,33)(H,30,34). The third kappa shape index (κ3) is 5.18. The lowest BCUT2D eigenvalue weighted by Gasteiger charge is -2.10. The predicted octanol–water partition coefficient (Wildman–Crippen LogP) is 3.36. The molecule has 0 atom stereocenters. The second-order valence-corrected chi connectivity index (χ2v) is 7.62. The van der Waals surface area contributed by atoms with Crippen LogP contribution in [0.15, 0.2) is 73.1 Å². The zero-order valence-corrected chi connectivity index (χ0v) is 18.9. The first-order valence-electron chi connectivity index (χ1n) is 10.2. The number of carbonyl (C=O) groups is 3. The molecule has 4 rings (SSSR count). The van der Waals surface area contributed by atoms with Crippen molar-refractivity contribution < 1.29 is 19.3 Å². The number of hydrazine groups is 1. The van der Waals surface area contributed by atoms with E-state index >= 15 is 0 Å². The summed E-state index contributed by atoms with van der Waals surface area (Å²) in [5.74, 6) is -2.18. The van der Waals surface area contributed by atoms with E-state index in [0.29, 0.717) is 10.6 Å². The number of hydrogen-bond acceptors (Lipinski definition) is 7. The molecule has 0 saturated carbocycles. The van der Waals surface area contributed by atoms with Crippen LogP contribution in [-0.4, -0.2) is 37.8 Å². The second kappa shape index (κ2) is 10.4. The van der Waals surface area contributed by atoms with Crippen LogP contribution in [0, 0.1) is 10.1 Å². The van der Waals surface area contributed by atoms with Gasteiger partial charge in [0.05, 0.1) is 15.5 Å². The first-order chi connectivity index (χ1) is 17.3. The summed E-state index contributed by atoms with van der Waals surface area (Å²) in [6, 6.07) is 14.8. The van der Waals surface area contributed by atoms with E-state index in [2.05, 4.69) is 31.3 Å². The predicted molar refractivity (Wildman–Crippen MR) is 129 cm³/mol. The van der Waals surface area contributed by atoms with E-state index in [0.717, 1.165) is 6.07 Å². The third-order valence-electron chi connectivity index (χ3n) is 4.89. The Morgan fingerprint density at radius 3 is 2.39 bits per heavy atom. The lowest BCUT2D eigenvalue weighted by molar-refractivity contribution is -0.384. The van der Waals surface area contributed by atoms with Crippen molar-refractivity contribution in [3.63, 3.8) is 0 Å². The fourth-order valence-corrected chi connectivity index (χ4v) is 3.39. The Morgan fingerprint density at radius 1 is 0.917 bits per heavy atom. The summed E-state index contributed by atoms with van der Waals surface area (Å²) in [5.41, 5.74) is 4.70. The number of rotatable bonds is 6. The number of pyridine rings is 1. The normalized spacial score (nSPS) is 10.4. The summed E-state index contributed by atoms with van der Waals surface area (Å²) < 4.78 is 0. The molecule has 3 amide bonds. The number of nitrogens with zero attached hydrogens (tertiary/aromatic N) is 3. The maximum atomic E-state index is 13.0. The molecule has 13 heteroatoms. The number of aromatic nitrogens is 3. The summed E-state index contributed by atoms with van der Waals surface area (Å²) in [4.78, 5) is 52.4. The zero-order valence-electron chi connectivity index (χ0n) is 18.2. The number of amides is 3. The van der Waals surface area contributed by atoms with Crippen LogP contribution in [0.3, 0.4) is 0 Å². The SMILES string of the molecule is O=C(NNC(=O)c1[nH]nc(-c2ccccc2Cl)c1NC(=O)c1cccc([N+](=O)[O-])c1)c1cccnc1. The average Bonchev–Trinajstić information content (AvgIpc) is 3.31. The number of nitrogens with one attached hydrogen (secondary N) is 4.